The number of rotatable bonds is 4. The maximum Gasteiger partial charge on any atom is 0.329 e. The van der Waals surface area contributed by atoms with E-state index in [9.17, 15) is 14.4 Å². The maximum absolute atomic E-state index is 13.1. The topological polar surface area (TPSA) is 91.6 Å². The van der Waals surface area contributed by atoms with Crippen molar-refractivity contribution in [3.05, 3.63) is 28.7 Å². The minimum Gasteiger partial charge on any atom is -0.371 e. The first-order valence-electron chi connectivity index (χ1n) is 14.2. The Kier molecular flexibility index (Phi) is 6.84. The molecule has 6 rings (SSSR count). The quantitative estimate of drug-likeness (QED) is 0.614. The maximum atomic E-state index is 13.1. The molecule has 4 aliphatic heterocycles. The molecule has 9 nitrogen and oxygen atoms in total. The molecule has 4 fully saturated rings. The van der Waals surface area contributed by atoms with E-state index >= 15 is 0 Å². The van der Waals surface area contributed by atoms with Crippen molar-refractivity contribution in [1.29, 1.82) is 0 Å². The van der Waals surface area contributed by atoms with Gasteiger partial charge in [-0.2, -0.15) is 0 Å². The van der Waals surface area contributed by atoms with Crippen LogP contribution in [-0.2, 0) is 16.6 Å². The normalized spacial score (nSPS) is 25.6. The first-order valence-corrected chi connectivity index (χ1v) is 14.2. The summed E-state index contributed by atoms with van der Waals surface area (Å²) in [5, 5.41) is 5.87. The predicted molar refractivity (Wildman–Crippen MR) is 144 cm³/mol. The third-order valence-electron chi connectivity index (χ3n) is 9.57. The molecule has 1 aromatic heterocycles. The highest BCUT2D eigenvalue weighted by atomic mass is 16.2. The lowest BCUT2D eigenvalue weighted by Crippen LogP contribution is -2.48. The van der Waals surface area contributed by atoms with Crippen LogP contribution < -0.4 is 21.2 Å². The van der Waals surface area contributed by atoms with Gasteiger partial charge in [0, 0.05) is 38.3 Å². The molecule has 2 amide bonds. The van der Waals surface area contributed by atoms with E-state index in [0.29, 0.717) is 6.42 Å². The Hall–Kier alpha value is -2.65. The molecule has 1 aromatic carbocycles. The molecule has 4 aliphatic rings. The Morgan fingerprint density at radius 3 is 2.16 bits per heavy atom. The molecule has 2 N–H and O–H groups in total. The van der Waals surface area contributed by atoms with E-state index in [-0.39, 0.29) is 18.0 Å². The van der Waals surface area contributed by atoms with E-state index in [1.54, 1.807) is 16.2 Å². The number of nitrogens with one attached hydrogen (secondary N) is 2. The number of carbonyl (C=O) groups is 2. The van der Waals surface area contributed by atoms with Crippen molar-refractivity contribution in [3.63, 3.8) is 0 Å². The lowest BCUT2D eigenvalue weighted by molar-refractivity contribution is -0.135. The number of hydrogen-bond donors (Lipinski definition) is 2. The van der Waals surface area contributed by atoms with Gasteiger partial charge < -0.3 is 15.1 Å². The number of amides is 2. The predicted octanol–water partition coefficient (Wildman–Crippen LogP) is 2.00. The lowest BCUT2D eigenvalue weighted by atomic mass is 9.78. The van der Waals surface area contributed by atoms with E-state index in [1.165, 1.54) is 64.7 Å². The van der Waals surface area contributed by atoms with E-state index in [0.717, 1.165) is 47.7 Å². The van der Waals surface area contributed by atoms with Crippen LogP contribution in [0.4, 0.5) is 5.69 Å². The number of aromatic nitrogens is 2. The summed E-state index contributed by atoms with van der Waals surface area (Å²) in [6.45, 7) is 6.98. The van der Waals surface area contributed by atoms with Gasteiger partial charge in [0.05, 0.1) is 11.0 Å². The summed E-state index contributed by atoms with van der Waals surface area (Å²) >= 11 is 0. The number of hydrogen-bond acceptors (Lipinski definition) is 6. The first-order chi connectivity index (χ1) is 18.0. The van der Waals surface area contributed by atoms with Crippen LogP contribution in [0.2, 0.25) is 0 Å². The molecule has 5 heterocycles. The lowest BCUT2D eigenvalue weighted by Gasteiger charge is -2.43. The Morgan fingerprint density at radius 2 is 1.49 bits per heavy atom. The molecule has 37 heavy (non-hydrogen) atoms. The second-order valence-electron chi connectivity index (χ2n) is 11.5. The highest BCUT2D eigenvalue weighted by molar-refractivity contribution is 6.00. The van der Waals surface area contributed by atoms with Crippen LogP contribution in [0.5, 0.6) is 0 Å². The van der Waals surface area contributed by atoms with Gasteiger partial charge in [-0.15, -0.1) is 0 Å². The minimum absolute atomic E-state index is 0.212. The molecular weight excluding hydrogens is 468 g/mol. The number of carbonyl (C=O) groups excluding carboxylic acids is 2. The van der Waals surface area contributed by atoms with Gasteiger partial charge in [0.15, 0.2) is 0 Å². The summed E-state index contributed by atoms with van der Waals surface area (Å²) in [5.74, 6) is 1.00. The van der Waals surface area contributed by atoms with E-state index < -0.39 is 11.9 Å². The highest BCUT2D eigenvalue weighted by Gasteiger charge is 2.33. The fourth-order valence-electron chi connectivity index (χ4n) is 7.34. The van der Waals surface area contributed by atoms with Crippen molar-refractivity contribution in [2.45, 2.75) is 63.5 Å². The van der Waals surface area contributed by atoms with Gasteiger partial charge in [-0.25, -0.2) is 4.79 Å². The Bertz CT molecular complexity index is 1210. The average Bonchev–Trinajstić information content (AvgIpc) is 3.18. The number of aryl methyl sites for hydroxylation is 1. The average molecular weight is 509 g/mol. The Morgan fingerprint density at radius 1 is 0.811 bits per heavy atom. The summed E-state index contributed by atoms with van der Waals surface area (Å²) in [5.41, 5.74) is 2.51. The van der Waals surface area contributed by atoms with Crippen molar-refractivity contribution in [1.82, 2.24) is 24.7 Å². The monoisotopic (exact) mass is 508 g/mol. The molecule has 1 unspecified atom stereocenters. The van der Waals surface area contributed by atoms with E-state index in [1.807, 2.05) is 6.07 Å². The fraction of sp³-hybridized carbons (Fsp3) is 0.679. The number of fused-ring (bicyclic) bond motifs is 1. The smallest absolute Gasteiger partial charge is 0.329 e. The summed E-state index contributed by atoms with van der Waals surface area (Å²) in [7, 11) is 1.76. The number of piperidine rings is 4. The first kappa shape index (κ1) is 24.7. The van der Waals surface area contributed by atoms with Crippen LogP contribution >= 0.6 is 0 Å². The number of nitrogens with zero attached hydrogens (tertiary/aromatic N) is 4. The molecule has 1 atom stereocenters. The fourth-order valence-corrected chi connectivity index (χ4v) is 7.34. The number of likely N-dealkylation sites (tertiary alicyclic amines) is 1. The van der Waals surface area contributed by atoms with E-state index in [2.05, 4.69) is 32.6 Å². The van der Waals surface area contributed by atoms with Crippen molar-refractivity contribution in [2.24, 2.45) is 18.9 Å². The Labute approximate surface area is 218 Å². The van der Waals surface area contributed by atoms with Crippen molar-refractivity contribution >= 4 is 28.5 Å². The van der Waals surface area contributed by atoms with Crippen LogP contribution in [0.25, 0.3) is 11.0 Å². The van der Waals surface area contributed by atoms with Crippen molar-refractivity contribution < 1.29 is 9.59 Å². The standard InChI is InChI=1S/C28H40N6O3/c1-31-25-18-22(2-3-23(25)34(28(31)37)24-4-5-26(35)30-27(24)36)33-16-10-20(11-17-33)19-8-14-32(15-9-19)21-6-12-29-13-7-21/h2-3,18-21,24,29H,4-17H2,1H3,(H,30,35,36). The zero-order valence-corrected chi connectivity index (χ0v) is 22.0. The van der Waals surface area contributed by atoms with Gasteiger partial charge in [0.1, 0.15) is 6.04 Å². The van der Waals surface area contributed by atoms with Crippen LogP contribution in [-0.4, -0.2) is 71.2 Å². The molecule has 0 saturated carbocycles. The summed E-state index contributed by atoms with van der Waals surface area (Å²) in [6, 6.07) is 6.30. The number of benzene rings is 1. The SMILES string of the molecule is Cn1c(=O)n(C2CCC(=O)NC2=O)c2ccc(N3CCC(C4CCN(C5CCNCC5)CC4)CC3)cc21. The molecule has 200 valence electrons. The summed E-state index contributed by atoms with van der Waals surface area (Å²) in [6.07, 6.45) is 8.36. The Balaban J connectivity index is 1.10. The largest absolute Gasteiger partial charge is 0.371 e. The molecule has 0 bridgehead atoms. The van der Waals surface area contributed by atoms with Crippen LogP contribution in [0.3, 0.4) is 0 Å². The van der Waals surface area contributed by atoms with Gasteiger partial charge in [0.2, 0.25) is 11.8 Å². The van der Waals surface area contributed by atoms with Crippen LogP contribution in [0.1, 0.15) is 57.4 Å². The van der Waals surface area contributed by atoms with Gasteiger partial charge in [-0.3, -0.25) is 24.0 Å². The van der Waals surface area contributed by atoms with Gasteiger partial charge in [-0.1, -0.05) is 0 Å². The molecule has 4 saturated heterocycles. The van der Waals surface area contributed by atoms with Crippen LogP contribution in [0, 0.1) is 11.8 Å². The third-order valence-corrected chi connectivity index (χ3v) is 9.57. The zero-order valence-electron chi connectivity index (χ0n) is 22.0. The van der Waals surface area contributed by atoms with Gasteiger partial charge in [0.25, 0.3) is 0 Å². The van der Waals surface area contributed by atoms with E-state index in [4.69, 9.17) is 0 Å². The number of anilines is 1. The molecule has 9 heteroatoms. The number of imidazole rings is 1. The minimum atomic E-state index is -0.642. The summed E-state index contributed by atoms with van der Waals surface area (Å²) in [4.78, 5) is 42.4. The van der Waals surface area contributed by atoms with Crippen LogP contribution in [0.15, 0.2) is 23.0 Å². The van der Waals surface area contributed by atoms with Crippen molar-refractivity contribution in [2.75, 3.05) is 44.2 Å². The third kappa shape index (κ3) is 4.72. The molecule has 0 spiro atoms. The summed E-state index contributed by atoms with van der Waals surface area (Å²) < 4.78 is 3.19. The molecule has 0 radical (unpaired) electrons. The number of imide groups is 1. The van der Waals surface area contributed by atoms with Crippen molar-refractivity contribution in [3.8, 4) is 0 Å². The second-order valence-corrected chi connectivity index (χ2v) is 11.5. The second kappa shape index (κ2) is 10.3. The highest BCUT2D eigenvalue weighted by Crippen LogP contribution is 2.35. The molecule has 0 aliphatic carbocycles. The van der Waals surface area contributed by atoms with Gasteiger partial charge in [-0.05, 0) is 101 Å². The zero-order chi connectivity index (χ0) is 25.5. The molecule has 2 aromatic rings. The van der Waals surface area contributed by atoms with Gasteiger partial charge >= 0.3 is 5.69 Å². The molecular formula is C28H40N6O3.